The van der Waals surface area contributed by atoms with Gasteiger partial charge in [-0.2, -0.15) is 0 Å². The summed E-state index contributed by atoms with van der Waals surface area (Å²) in [6.45, 7) is 7.51. The summed E-state index contributed by atoms with van der Waals surface area (Å²) in [6, 6.07) is 0. The van der Waals surface area contributed by atoms with Crippen LogP contribution in [0.1, 0.15) is 38.2 Å². The van der Waals surface area contributed by atoms with E-state index in [0.717, 1.165) is 37.4 Å². The predicted octanol–water partition coefficient (Wildman–Crippen LogP) is 1.71. The van der Waals surface area contributed by atoms with Crippen molar-refractivity contribution in [3.05, 3.63) is 17.7 Å². The monoisotopic (exact) mass is 222 g/mol. The zero-order valence-corrected chi connectivity index (χ0v) is 10.3. The van der Waals surface area contributed by atoms with Gasteiger partial charge in [0, 0.05) is 25.2 Å². The molecule has 4 heteroatoms. The van der Waals surface area contributed by atoms with Crippen LogP contribution in [0, 0.1) is 13.1 Å². The Labute approximate surface area is 97.1 Å². The molecule has 0 bridgehead atoms. The maximum Gasteiger partial charge on any atom is 0.222 e. The lowest BCUT2D eigenvalue weighted by Gasteiger charge is -2.18. The van der Waals surface area contributed by atoms with Crippen molar-refractivity contribution in [1.29, 1.82) is 0 Å². The van der Waals surface area contributed by atoms with E-state index >= 15 is 0 Å². The fourth-order valence-electron chi connectivity index (χ4n) is 1.69. The minimum Gasteiger partial charge on any atom is -0.346 e. The lowest BCUT2D eigenvalue weighted by Crippen LogP contribution is -2.30. The van der Waals surface area contributed by atoms with Crippen LogP contribution < -0.4 is 0 Å². The van der Waals surface area contributed by atoms with Crippen molar-refractivity contribution in [2.75, 3.05) is 13.1 Å². The number of carbonyl (C=O) groups excluding carboxylic acids is 1. The van der Waals surface area contributed by atoms with E-state index in [0.29, 0.717) is 6.42 Å². The minimum atomic E-state index is 0.237. The molecular formula is C12H20N3O. The third-order valence-electron chi connectivity index (χ3n) is 2.62. The Balaban J connectivity index is 2.27. The van der Waals surface area contributed by atoms with Crippen LogP contribution in [0.15, 0.2) is 0 Å². The van der Waals surface area contributed by atoms with Gasteiger partial charge in [0.2, 0.25) is 5.91 Å². The molecular weight excluding hydrogens is 202 g/mol. The van der Waals surface area contributed by atoms with Crippen LogP contribution in [0.3, 0.4) is 0 Å². The highest BCUT2D eigenvalue weighted by molar-refractivity contribution is 5.76. The SMILES string of the molecule is CCN(CC)C(=O)CCCc1[c]nc(C)[nH]1. The van der Waals surface area contributed by atoms with Crippen molar-refractivity contribution in [2.24, 2.45) is 0 Å². The average molecular weight is 222 g/mol. The van der Waals surface area contributed by atoms with Crippen LogP contribution in [-0.4, -0.2) is 33.9 Å². The van der Waals surface area contributed by atoms with Gasteiger partial charge in [0.25, 0.3) is 0 Å². The Hall–Kier alpha value is -1.32. The van der Waals surface area contributed by atoms with E-state index < -0.39 is 0 Å². The van der Waals surface area contributed by atoms with Crippen LogP contribution in [-0.2, 0) is 11.2 Å². The summed E-state index contributed by atoms with van der Waals surface area (Å²) in [6.07, 6.45) is 5.21. The van der Waals surface area contributed by atoms with Crippen molar-refractivity contribution in [2.45, 2.75) is 40.0 Å². The number of nitrogens with one attached hydrogen (secondary N) is 1. The third kappa shape index (κ3) is 3.68. The largest absolute Gasteiger partial charge is 0.346 e. The number of nitrogens with zero attached hydrogens (tertiary/aromatic N) is 2. The standard InChI is InChI=1S/C12H20N3O/c1-4-15(5-2)12(16)8-6-7-11-9-13-10(3)14-11/h4-8H2,1-3H3,(H,13,14). The normalized spacial score (nSPS) is 10.4. The Morgan fingerprint density at radius 2 is 2.12 bits per heavy atom. The Bertz CT molecular complexity index is 329. The molecule has 1 radical (unpaired) electrons. The molecule has 1 aromatic heterocycles. The van der Waals surface area contributed by atoms with Gasteiger partial charge in [0.05, 0.1) is 0 Å². The number of aromatic nitrogens is 2. The molecule has 0 saturated heterocycles. The van der Waals surface area contributed by atoms with Crippen LogP contribution in [0.2, 0.25) is 0 Å². The van der Waals surface area contributed by atoms with Crippen molar-refractivity contribution >= 4 is 5.91 Å². The summed E-state index contributed by atoms with van der Waals surface area (Å²) in [4.78, 5) is 20.7. The van der Waals surface area contributed by atoms with Gasteiger partial charge in [-0.3, -0.25) is 4.79 Å². The molecule has 0 aliphatic carbocycles. The number of hydrogen-bond acceptors (Lipinski definition) is 2. The third-order valence-corrected chi connectivity index (χ3v) is 2.62. The fourth-order valence-corrected chi connectivity index (χ4v) is 1.69. The van der Waals surface area contributed by atoms with Crippen molar-refractivity contribution in [1.82, 2.24) is 14.9 Å². The first-order chi connectivity index (χ1) is 7.67. The first kappa shape index (κ1) is 12.7. The Kier molecular flexibility index (Phi) is 5.02. The van der Waals surface area contributed by atoms with E-state index in [1.807, 2.05) is 25.7 Å². The molecule has 1 aromatic rings. The van der Waals surface area contributed by atoms with E-state index in [9.17, 15) is 4.79 Å². The molecule has 89 valence electrons. The van der Waals surface area contributed by atoms with Crippen molar-refractivity contribution < 1.29 is 4.79 Å². The molecule has 0 saturated carbocycles. The summed E-state index contributed by atoms with van der Waals surface area (Å²) in [5, 5.41) is 0. The predicted molar refractivity (Wildman–Crippen MR) is 63.0 cm³/mol. The number of imidazole rings is 1. The fraction of sp³-hybridized carbons (Fsp3) is 0.667. The topological polar surface area (TPSA) is 49.0 Å². The summed E-state index contributed by atoms with van der Waals surface area (Å²) in [5.74, 6) is 1.12. The van der Waals surface area contributed by atoms with E-state index in [-0.39, 0.29) is 5.91 Å². The number of aromatic amines is 1. The Morgan fingerprint density at radius 1 is 1.44 bits per heavy atom. The zero-order valence-electron chi connectivity index (χ0n) is 10.3. The molecule has 1 N–H and O–H groups in total. The molecule has 4 nitrogen and oxygen atoms in total. The molecule has 0 aromatic carbocycles. The second kappa shape index (κ2) is 6.30. The minimum absolute atomic E-state index is 0.237. The molecule has 1 amide bonds. The van der Waals surface area contributed by atoms with Gasteiger partial charge in [0.1, 0.15) is 12.0 Å². The van der Waals surface area contributed by atoms with Gasteiger partial charge >= 0.3 is 0 Å². The van der Waals surface area contributed by atoms with Gasteiger partial charge in [-0.15, -0.1) is 0 Å². The molecule has 16 heavy (non-hydrogen) atoms. The lowest BCUT2D eigenvalue weighted by atomic mass is 10.2. The molecule has 0 fully saturated rings. The lowest BCUT2D eigenvalue weighted by molar-refractivity contribution is -0.130. The first-order valence-corrected chi connectivity index (χ1v) is 5.88. The van der Waals surface area contributed by atoms with Gasteiger partial charge in [-0.25, -0.2) is 4.98 Å². The van der Waals surface area contributed by atoms with E-state index in [1.54, 1.807) is 0 Å². The van der Waals surface area contributed by atoms with E-state index in [4.69, 9.17) is 0 Å². The highest BCUT2D eigenvalue weighted by Crippen LogP contribution is 2.04. The number of carbonyl (C=O) groups is 1. The number of rotatable bonds is 6. The summed E-state index contributed by atoms with van der Waals surface area (Å²) < 4.78 is 0. The molecule has 0 aliphatic heterocycles. The summed E-state index contributed by atoms with van der Waals surface area (Å²) >= 11 is 0. The van der Waals surface area contributed by atoms with E-state index in [1.165, 1.54) is 0 Å². The first-order valence-electron chi connectivity index (χ1n) is 5.88. The number of aryl methyl sites for hydroxylation is 2. The molecule has 0 spiro atoms. The highest BCUT2D eigenvalue weighted by Gasteiger charge is 2.09. The quantitative estimate of drug-likeness (QED) is 0.796. The number of amides is 1. The van der Waals surface area contributed by atoms with Crippen LogP contribution in [0.4, 0.5) is 0 Å². The summed E-state index contributed by atoms with van der Waals surface area (Å²) in [7, 11) is 0. The van der Waals surface area contributed by atoms with Crippen LogP contribution in [0.5, 0.6) is 0 Å². The van der Waals surface area contributed by atoms with Gasteiger partial charge in [-0.1, -0.05) is 0 Å². The molecule has 1 rings (SSSR count). The summed E-state index contributed by atoms with van der Waals surface area (Å²) in [5.41, 5.74) is 0.991. The second-order valence-electron chi connectivity index (χ2n) is 3.83. The zero-order chi connectivity index (χ0) is 12.0. The number of H-pyrrole nitrogens is 1. The maximum absolute atomic E-state index is 11.7. The van der Waals surface area contributed by atoms with Crippen molar-refractivity contribution in [3.8, 4) is 0 Å². The molecule has 0 aliphatic rings. The van der Waals surface area contributed by atoms with Crippen LogP contribution in [0.25, 0.3) is 0 Å². The molecule has 0 unspecified atom stereocenters. The van der Waals surface area contributed by atoms with E-state index in [2.05, 4.69) is 16.2 Å². The van der Waals surface area contributed by atoms with Gasteiger partial charge in [-0.05, 0) is 33.6 Å². The van der Waals surface area contributed by atoms with Crippen molar-refractivity contribution in [3.63, 3.8) is 0 Å². The highest BCUT2D eigenvalue weighted by atomic mass is 16.2. The second-order valence-corrected chi connectivity index (χ2v) is 3.83. The number of hydrogen-bond donors (Lipinski definition) is 1. The molecule has 1 heterocycles. The maximum atomic E-state index is 11.7. The average Bonchev–Trinajstić information content (AvgIpc) is 2.66. The smallest absolute Gasteiger partial charge is 0.222 e. The van der Waals surface area contributed by atoms with Gasteiger partial charge in [0.15, 0.2) is 0 Å². The van der Waals surface area contributed by atoms with Crippen LogP contribution >= 0.6 is 0 Å². The van der Waals surface area contributed by atoms with Gasteiger partial charge < -0.3 is 9.88 Å². The Morgan fingerprint density at radius 3 is 2.62 bits per heavy atom. The molecule has 0 atom stereocenters.